The van der Waals surface area contributed by atoms with E-state index in [1.807, 2.05) is 0 Å². The number of carbonyl (C=O) groups excluding carboxylic acids is 2. The molecule has 0 aliphatic carbocycles. The number of carbonyl (C=O) groups is 2. The molecule has 0 atom stereocenters. The molecule has 7 nitrogen and oxygen atoms in total. The summed E-state index contributed by atoms with van der Waals surface area (Å²) in [6.45, 7) is 4.03. The number of benzene rings is 1. The topological polar surface area (TPSA) is 83.8 Å². The van der Waals surface area contributed by atoms with Gasteiger partial charge >= 0.3 is 0 Å². The number of nitrogens with zero attached hydrogens (tertiary/aromatic N) is 3. The minimum atomic E-state index is -0.670. The molecule has 132 valence electrons. The van der Waals surface area contributed by atoms with Gasteiger partial charge in [-0.25, -0.2) is 0 Å². The molecule has 1 aliphatic heterocycles. The monoisotopic (exact) mass is 401 g/mol. The third kappa shape index (κ3) is 3.51. The summed E-state index contributed by atoms with van der Waals surface area (Å²) in [6.07, 6.45) is 1.23. The Morgan fingerprint density at radius 2 is 1.64 bits per heavy atom. The maximum Gasteiger partial charge on any atom is 0.288 e. The molecule has 1 saturated heterocycles. The minimum absolute atomic E-state index is 0.0861. The van der Waals surface area contributed by atoms with E-state index in [1.165, 1.54) is 21.9 Å². The fourth-order valence-electron chi connectivity index (χ4n) is 2.34. The van der Waals surface area contributed by atoms with Crippen molar-refractivity contribution in [3.05, 3.63) is 43.4 Å². The first-order valence-corrected chi connectivity index (χ1v) is 8.42. The molecule has 0 saturated carbocycles. The van der Waals surface area contributed by atoms with Gasteiger partial charge in [0.25, 0.3) is 17.5 Å². The van der Waals surface area contributed by atoms with Crippen molar-refractivity contribution in [3.8, 4) is 0 Å². The van der Waals surface area contributed by atoms with E-state index in [-0.39, 0.29) is 45.1 Å². The number of rotatable bonds is 4. The Bertz CT molecular complexity index is 797. The summed E-state index contributed by atoms with van der Waals surface area (Å²) in [5.41, 5.74) is -0.394. The summed E-state index contributed by atoms with van der Waals surface area (Å²) in [5.74, 6) is -1.15. The SMILES string of the molecule is CCN1C(=O)C(=Cc2cc([N+](=O)[O-])c(Cl)cc2Cl)C(=O)N(CC)C1=S. The van der Waals surface area contributed by atoms with Crippen LogP contribution in [0.15, 0.2) is 17.7 Å². The zero-order chi connectivity index (χ0) is 18.9. The Labute approximate surface area is 158 Å². The van der Waals surface area contributed by atoms with Gasteiger partial charge in [0.05, 0.1) is 4.92 Å². The number of thiocarbonyl (C=S) groups is 1. The van der Waals surface area contributed by atoms with Gasteiger partial charge in [0.1, 0.15) is 10.6 Å². The van der Waals surface area contributed by atoms with Crippen LogP contribution in [0.3, 0.4) is 0 Å². The predicted molar refractivity (Wildman–Crippen MR) is 98.5 cm³/mol. The van der Waals surface area contributed by atoms with Crippen molar-refractivity contribution in [1.82, 2.24) is 9.80 Å². The molecule has 0 N–H and O–H groups in total. The van der Waals surface area contributed by atoms with E-state index in [1.54, 1.807) is 13.8 Å². The highest BCUT2D eigenvalue weighted by atomic mass is 35.5. The summed E-state index contributed by atoms with van der Waals surface area (Å²) in [7, 11) is 0. The molecule has 1 aliphatic rings. The number of nitro groups is 1. The van der Waals surface area contributed by atoms with Crippen molar-refractivity contribution in [2.45, 2.75) is 13.8 Å². The van der Waals surface area contributed by atoms with Crippen LogP contribution in [0.5, 0.6) is 0 Å². The molecular formula is C15H13Cl2N3O4S. The fraction of sp³-hybridized carbons (Fsp3) is 0.267. The third-order valence-corrected chi connectivity index (χ3v) is 4.68. The largest absolute Gasteiger partial charge is 0.288 e. The van der Waals surface area contributed by atoms with Gasteiger partial charge in [-0.1, -0.05) is 23.2 Å². The number of hydrogen-bond acceptors (Lipinski definition) is 5. The zero-order valence-corrected chi connectivity index (χ0v) is 15.6. The Balaban J connectivity index is 2.60. The lowest BCUT2D eigenvalue weighted by Gasteiger charge is -2.35. The minimum Gasteiger partial charge on any atom is -0.285 e. The van der Waals surface area contributed by atoms with E-state index in [0.29, 0.717) is 0 Å². The molecule has 0 bridgehead atoms. The van der Waals surface area contributed by atoms with E-state index in [2.05, 4.69) is 0 Å². The summed E-state index contributed by atoms with van der Waals surface area (Å²) >= 11 is 17.0. The molecule has 0 radical (unpaired) electrons. The standard InChI is InChI=1S/C15H13Cl2N3O4S/c1-3-18-13(21)9(14(22)19(4-2)15(18)25)5-8-6-12(20(23)24)11(17)7-10(8)16/h5-7H,3-4H2,1-2H3. The number of hydrogen-bond donors (Lipinski definition) is 0. The molecule has 2 amide bonds. The van der Waals surface area contributed by atoms with Crippen LogP contribution in [0, 0.1) is 10.1 Å². The number of nitro benzene ring substituents is 1. The van der Waals surface area contributed by atoms with Crippen LogP contribution >= 0.6 is 35.4 Å². The molecule has 25 heavy (non-hydrogen) atoms. The average Bonchev–Trinajstić information content (AvgIpc) is 2.53. The Hall–Kier alpha value is -2.03. The summed E-state index contributed by atoms with van der Waals surface area (Å²) in [6, 6.07) is 2.32. The van der Waals surface area contributed by atoms with Crippen LogP contribution in [0.1, 0.15) is 19.4 Å². The lowest BCUT2D eigenvalue weighted by molar-refractivity contribution is -0.384. The van der Waals surface area contributed by atoms with Crippen LogP contribution < -0.4 is 0 Å². The maximum atomic E-state index is 12.6. The van der Waals surface area contributed by atoms with Gasteiger partial charge in [-0.15, -0.1) is 0 Å². The van der Waals surface area contributed by atoms with E-state index in [9.17, 15) is 19.7 Å². The first kappa shape index (κ1) is 19.3. The predicted octanol–water partition coefficient (Wildman–Crippen LogP) is 3.28. The lowest BCUT2D eigenvalue weighted by atomic mass is 10.1. The van der Waals surface area contributed by atoms with Crippen molar-refractivity contribution < 1.29 is 14.5 Å². The molecule has 1 aromatic rings. The molecule has 1 aromatic carbocycles. The van der Waals surface area contributed by atoms with Crippen molar-refractivity contribution in [2.24, 2.45) is 0 Å². The van der Waals surface area contributed by atoms with Gasteiger partial charge < -0.3 is 0 Å². The molecule has 2 rings (SSSR count). The fourth-order valence-corrected chi connectivity index (χ4v) is 3.27. The Kier molecular flexibility index (Phi) is 5.76. The Morgan fingerprint density at radius 1 is 1.12 bits per heavy atom. The summed E-state index contributed by atoms with van der Waals surface area (Å²) in [5, 5.41) is 11.1. The molecule has 0 unspecified atom stereocenters. The molecule has 1 fully saturated rings. The van der Waals surface area contributed by atoms with Crippen molar-refractivity contribution >= 4 is 64.1 Å². The van der Waals surface area contributed by atoms with Crippen LogP contribution in [-0.2, 0) is 9.59 Å². The smallest absolute Gasteiger partial charge is 0.285 e. The normalized spacial score (nSPS) is 15.0. The number of halogens is 2. The third-order valence-electron chi connectivity index (χ3n) is 3.61. The molecule has 0 spiro atoms. The van der Waals surface area contributed by atoms with Gasteiger partial charge in [0.15, 0.2) is 5.11 Å². The number of amides is 2. The summed E-state index contributed by atoms with van der Waals surface area (Å²) in [4.78, 5) is 38.1. The van der Waals surface area contributed by atoms with Gasteiger partial charge in [-0.2, -0.15) is 0 Å². The van der Waals surface area contributed by atoms with E-state index >= 15 is 0 Å². The van der Waals surface area contributed by atoms with E-state index < -0.39 is 16.7 Å². The second-order valence-corrected chi connectivity index (χ2v) is 6.20. The number of likely N-dealkylation sites (N-methyl/N-ethyl adjacent to an activating group) is 2. The second-order valence-electron chi connectivity index (χ2n) is 5.02. The first-order valence-electron chi connectivity index (χ1n) is 7.25. The van der Waals surface area contributed by atoms with Gasteiger partial charge in [0, 0.05) is 29.7 Å². The van der Waals surface area contributed by atoms with Crippen LogP contribution in [0.4, 0.5) is 5.69 Å². The highest BCUT2D eigenvalue weighted by Crippen LogP contribution is 2.32. The molecule has 10 heteroatoms. The maximum absolute atomic E-state index is 12.6. The molecular weight excluding hydrogens is 389 g/mol. The van der Waals surface area contributed by atoms with Crippen molar-refractivity contribution in [3.63, 3.8) is 0 Å². The van der Waals surface area contributed by atoms with Crippen LogP contribution in [0.25, 0.3) is 6.08 Å². The van der Waals surface area contributed by atoms with Crippen molar-refractivity contribution in [2.75, 3.05) is 13.1 Å². The van der Waals surface area contributed by atoms with E-state index in [0.717, 1.165) is 6.07 Å². The Morgan fingerprint density at radius 3 is 2.08 bits per heavy atom. The quantitative estimate of drug-likeness (QED) is 0.254. The highest BCUT2D eigenvalue weighted by molar-refractivity contribution is 7.80. The highest BCUT2D eigenvalue weighted by Gasteiger charge is 2.38. The summed E-state index contributed by atoms with van der Waals surface area (Å²) < 4.78 is 0. The van der Waals surface area contributed by atoms with Gasteiger partial charge in [-0.3, -0.25) is 29.5 Å². The lowest BCUT2D eigenvalue weighted by Crippen LogP contribution is -2.55. The van der Waals surface area contributed by atoms with Crippen LogP contribution in [-0.4, -0.2) is 44.7 Å². The molecule has 0 aromatic heterocycles. The van der Waals surface area contributed by atoms with Gasteiger partial charge in [-0.05, 0) is 38.2 Å². The van der Waals surface area contributed by atoms with Crippen LogP contribution in [0.2, 0.25) is 10.0 Å². The van der Waals surface area contributed by atoms with E-state index in [4.69, 9.17) is 35.4 Å². The second kappa shape index (κ2) is 7.47. The molecule has 1 heterocycles. The van der Waals surface area contributed by atoms with Crippen molar-refractivity contribution in [1.29, 1.82) is 0 Å². The first-order chi connectivity index (χ1) is 11.7. The zero-order valence-electron chi connectivity index (χ0n) is 13.3. The average molecular weight is 402 g/mol. The van der Waals surface area contributed by atoms with Gasteiger partial charge in [0.2, 0.25) is 0 Å².